The standard InChI is InChI=1S/C12H18N4O4S/c1-2-12(5-6-12)8-14-21(19,20)9-3-4-10(15-13)11(7-9)16(17)18/h3-4,7,14-15H,2,5-6,8,13H2,1H3. The number of sulfonamides is 1. The lowest BCUT2D eigenvalue weighted by Gasteiger charge is -2.14. The van der Waals surface area contributed by atoms with Gasteiger partial charge in [0.05, 0.1) is 9.82 Å². The minimum absolute atomic E-state index is 0.0533. The summed E-state index contributed by atoms with van der Waals surface area (Å²) in [5.74, 6) is 5.17. The fourth-order valence-corrected chi connectivity index (χ4v) is 3.29. The third kappa shape index (κ3) is 3.31. The van der Waals surface area contributed by atoms with Gasteiger partial charge in [-0.1, -0.05) is 6.92 Å². The first-order valence-corrected chi connectivity index (χ1v) is 8.07. The smallest absolute Gasteiger partial charge is 0.294 e. The molecule has 0 bridgehead atoms. The second kappa shape index (κ2) is 5.58. The molecule has 1 aromatic carbocycles. The van der Waals surface area contributed by atoms with Crippen molar-refractivity contribution in [1.29, 1.82) is 0 Å². The van der Waals surface area contributed by atoms with Gasteiger partial charge in [-0.25, -0.2) is 13.1 Å². The zero-order chi connectivity index (χ0) is 15.7. The average molecular weight is 314 g/mol. The van der Waals surface area contributed by atoms with E-state index in [1.807, 2.05) is 6.92 Å². The topological polar surface area (TPSA) is 127 Å². The molecule has 2 rings (SSSR count). The van der Waals surface area contributed by atoms with Crippen molar-refractivity contribution < 1.29 is 13.3 Å². The van der Waals surface area contributed by atoms with E-state index in [4.69, 9.17) is 5.84 Å². The Labute approximate surface area is 122 Å². The Bertz CT molecular complexity index is 655. The van der Waals surface area contributed by atoms with Crippen molar-refractivity contribution in [2.45, 2.75) is 31.1 Å². The lowest BCUT2D eigenvalue weighted by Crippen LogP contribution is -2.30. The number of hydrogen-bond acceptors (Lipinski definition) is 6. The second-order valence-electron chi connectivity index (χ2n) is 5.26. The Morgan fingerprint density at radius 3 is 2.57 bits per heavy atom. The van der Waals surface area contributed by atoms with E-state index < -0.39 is 14.9 Å². The summed E-state index contributed by atoms with van der Waals surface area (Å²) in [5, 5.41) is 10.9. The van der Waals surface area contributed by atoms with E-state index in [0.717, 1.165) is 25.3 Å². The quantitative estimate of drug-likeness (QED) is 0.396. The molecule has 1 aromatic rings. The van der Waals surface area contributed by atoms with Crippen LogP contribution in [0.2, 0.25) is 0 Å². The molecule has 0 unspecified atom stereocenters. The van der Waals surface area contributed by atoms with Gasteiger partial charge in [0.1, 0.15) is 5.69 Å². The van der Waals surface area contributed by atoms with Crippen LogP contribution in [0.15, 0.2) is 23.1 Å². The summed E-state index contributed by atoms with van der Waals surface area (Å²) < 4.78 is 27.0. The molecule has 0 spiro atoms. The van der Waals surface area contributed by atoms with Crippen molar-refractivity contribution in [1.82, 2.24) is 4.72 Å². The van der Waals surface area contributed by atoms with E-state index in [2.05, 4.69) is 10.1 Å². The number of nitrogens with one attached hydrogen (secondary N) is 2. The molecule has 0 saturated heterocycles. The summed E-state index contributed by atoms with van der Waals surface area (Å²) in [5.41, 5.74) is 1.91. The highest BCUT2D eigenvalue weighted by molar-refractivity contribution is 7.89. The molecule has 0 atom stereocenters. The molecule has 1 aliphatic rings. The number of benzene rings is 1. The maximum Gasteiger partial charge on any atom is 0.294 e. The van der Waals surface area contributed by atoms with Crippen molar-refractivity contribution in [3.05, 3.63) is 28.3 Å². The molecule has 9 heteroatoms. The Kier molecular flexibility index (Phi) is 4.17. The molecular weight excluding hydrogens is 296 g/mol. The molecule has 116 valence electrons. The normalized spacial score (nSPS) is 16.5. The van der Waals surface area contributed by atoms with Crippen LogP contribution in [-0.4, -0.2) is 19.9 Å². The van der Waals surface area contributed by atoms with Crippen molar-refractivity contribution in [2.24, 2.45) is 11.3 Å². The summed E-state index contributed by atoms with van der Waals surface area (Å²) >= 11 is 0. The molecule has 0 aliphatic heterocycles. The van der Waals surface area contributed by atoms with E-state index in [-0.39, 0.29) is 21.7 Å². The Morgan fingerprint density at radius 1 is 1.43 bits per heavy atom. The fourth-order valence-electron chi connectivity index (χ4n) is 2.12. The van der Waals surface area contributed by atoms with Crippen molar-refractivity contribution in [3.63, 3.8) is 0 Å². The zero-order valence-electron chi connectivity index (χ0n) is 11.6. The number of rotatable bonds is 7. The van der Waals surface area contributed by atoms with Crippen molar-refractivity contribution in [3.8, 4) is 0 Å². The Balaban J connectivity index is 2.23. The van der Waals surface area contributed by atoms with Crippen LogP contribution >= 0.6 is 0 Å². The number of hydrazine groups is 1. The van der Waals surface area contributed by atoms with Gasteiger partial charge >= 0.3 is 0 Å². The first-order chi connectivity index (χ1) is 9.83. The van der Waals surface area contributed by atoms with E-state index in [1.165, 1.54) is 12.1 Å². The number of nitro groups is 1. The molecule has 0 aromatic heterocycles. The number of nitrogens with two attached hydrogens (primary N) is 1. The van der Waals surface area contributed by atoms with E-state index in [9.17, 15) is 18.5 Å². The molecule has 8 nitrogen and oxygen atoms in total. The highest BCUT2D eigenvalue weighted by atomic mass is 32.2. The zero-order valence-corrected chi connectivity index (χ0v) is 12.4. The van der Waals surface area contributed by atoms with Gasteiger partial charge in [-0.3, -0.25) is 16.0 Å². The van der Waals surface area contributed by atoms with Crippen LogP contribution in [0.4, 0.5) is 11.4 Å². The number of nitro benzene ring substituents is 1. The molecule has 4 N–H and O–H groups in total. The fraction of sp³-hybridized carbons (Fsp3) is 0.500. The summed E-state index contributed by atoms with van der Waals surface area (Å²) in [6.45, 7) is 2.38. The van der Waals surface area contributed by atoms with Crippen LogP contribution in [0, 0.1) is 15.5 Å². The Hall–Kier alpha value is -1.71. The van der Waals surface area contributed by atoms with Gasteiger partial charge in [0.15, 0.2) is 0 Å². The summed E-state index contributed by atoms with van der Waals surface area (Å²) in [6.07, 6.45) is 2.91. The molecule has 21 heavy (non-hydrogen) atoms. The molecule has 1 aliphatic carbocycles. The van der Waals surface area contributed by atoms with Gasteiger partial charge in [-0.05, 0) is 36.8 Å². The van der Waals surface area contributed by atoms with Crippen LogP contribution < -0.4 is 16.0 Å². The maximum absolute atomic E-state index is 12.2. The predicted octanol–water partition coefficient (Wildman–Crippen LogP) is 1.35. The van der Waals surface area contributed by atoms with Crippen LogP contribution in [0.25, 0.3) is 0 Å². The first-order valence-electron chi connectivity index (χ1n) is 6.58. The lowest BCUT2D eigenvalue weighted by molar-refractivity contribution is -0.384. The van der Waals surface area contributed by atoms with Crippen LogP contribution in [0.5, 0.6) is 0 Å². The van der Waals surface area contributed by atoms with Crippen molar-refractivity contribution >= 4 is 21.4 Å². The number of hydrogen-bond donors (Lipinski definition) is 3. The molecule has 0 amide bonds. The minimum atomic E-state index is -3.77. The molecule has 0 heterocycles. The Morgan fingerprint density at radius 2 is 2.10 bits per heavy atom. The number of nitrogens with zero attached hydrogens (tertiary/aromatic N) is 1. The van der Waals surface area contributed by atoms with E-state index >= 15 is 0 Å². The van der Waals surface area contributed by atoms with Gasteiger partial charge in [0.2, 0.25) is 10.0 Å². The van der Waals surface area contributed by atoms with Crippen LogP contribution in [0.1, 0.15) is 26.2 Å². The summed E-state index contributed by atoms with van der Waals surface area (Å²) in [7, 11) is -3.77. The van der Waals surface area contributed by atoms with Crippen LogP contribution in [-0.2, 0) is 10.0 Å². The monoisotopic (exact) mass is 314 g/mol. The van der Waals surface area contributed by atoms with Crippen molar-refractivity contribution in [2.75, 3.05) is 12.0 Å². The summed E-state index contributed by atoms with van der Waals surface area (Å²) in [6, 6.07) is 3.57. The average Bonchev–Trinajstić information content (AvgIpc) is 3.25. The highest BCUT2D eigenvalue weighted by Crippen LogP contribution is 2.48. The van der Waals surface area contributed by atoms with Gasteiger partial charge in [0.25, 0.3) is 5.69 Å². The van der Waals surface area contributed by atoms with E-state index in [1.54, 1.807) is 0 Å². The number of anilines is 1. The molecule has 1 fully saturated rings. The third-order valence-corrected chi connectivity index (χ3v) is 5.37. The van der Waals surface area contributed by atoms with E-state index in [0.29, 0.717) is 6.54 Å². The largest absolute Gasteiger partial charge is 0.318 e. The predicted molar refractivity (Wildman–Crippen MR) is 78.1 cm³/mol. The maximum atomic E-state index is 12.2. The highest BCUT2D eigenvalue weighted by Gasteiger charge is 2.41. The first kappa shape index (κ1) is 15.7. The lowest BCUT2D eigenvalue weighted by atomic mass is 10.1. The number of nitrogen functional groups attached to an aromatic ring is 1. The van der Waals surface area contributed by atoms with Gasteiger partial charge < -0.3 is 5.43 Å². The molecular formula is C12H18N4O4S. The SMILES string of the molecule is CCC1(CNS(=O)(=O)c2ccc(NN)c([N+](=O)[O-])c2)CC1. The van der Waals surface area contributed by atoms with Gasteiger partial charge in [-0.15, -0.1) is 0 Å². The minimum Gasteiger partial charge on any atom is -0.318 e. The van der Waals surface area contributed by atoms with Crippen LogP contribution in [0.3, 0.4) is 0 Å². The van der Waals surface area contributed by atoms with Gasteiger partial charge in [0, 0.05) is 12.6 Å². The molecule has 0 radical (unpaired) electrons. The third-order valence-electron chi connectivity index (χ3n) is 3.98. The second-order valence-corrected chi connectivity index (χ2v) is 7.03. The van der Waals surface area contributed by atoms with Gasteiger partial charge in [-0.2, -0.15) is 0 Å². The summed E-state index contributed by atoms with van der Waals surface area (Å²) in [4.78, 5) is 10.1. The molecule has 1 saturated carbocycles.